The van der Waals surface area contributed by atoms with E-state index in [9.17, 15) is 30.1 Å². The van der Waals surface area contributed by atoms with Gasteiger partial charge < -0.3 is 30.5 Å². The number of nitro groups is 1. The molecule has 0 bridgehead atoms. The maximum Gasteiger partial charge on any atom is 0.296 e. The van der Waals surface area contributed by atoms with Gasteiger partial charge in [-0.25, -0.2) is 0 Å². The molecule has 1 aliphatic heterocycles. The highest BCUT2D eigenvalue weighted by atomic mass is 32.2. The molecule has 0 radical (unpaired) electrons. The molecule has 0 saturated carbocycles. The first-order chi connectivity index (χ1) is 20.7. The number of phenols is 1. The molecule has 0 fully saturated rings. The number of amides is 2. The van der Waals surface area contributed by atoms with Crippen LogP contribution in [0.4, 0.5) is 17.1 Å². The van der Waals surface area contributed by atoms with Crippen molar-refractivity contribution >= 4 is 40.6 Å². The molecule has 1 heterocycles. The summed E-state index contributed by atoms with van der Waals surface area (Å²) in [4.78, 5) is 37.3. The first kappa shape index (κ1) is 30.5. The number of nitrogens with one attached hydrogen (secondary N) is 3. The van der Waals surface area contributed by atoms with Gasteiger partial charge in [0.25, 0.3) is 11.6 Å². The van der Waals surface area contributed by atoms with Gasteiger partial charge in [-0.2, -0.15) is 5.26 Å². The van der Waals surface area contributed by atoms with E-state index in [0.717, 1.165) is 11.8 Å². The van der Waals surface area contributed by atoms with E-state index in [0.29, 0.717) is 22.0 Å². The van der Waals surface area contributed by atoms with E-state index < -0.39 is 22.7 Å². The fourth-order valence-electron chi connectivity index (χ4n) is 4.47. The number of hydrogen-bond acceptors (Lipinski definition) is 10. The first-order valence-electron chi connectivity index (χ1n) is 12.8. The van der Waals surface area contributed by atoms with Gasteiger partial charge in [0.05, 0.1) is 53.6 Å². The second-order valence-electron chi connectivity index (χ2n) is 9.18. The van der Waals surface area contributed by atoms with E-state index in [1.807, 2.05) is 6.07 Å². The van der Waals surface area contributed by atoms with Gasteiger partial charge in [-0.15, -0.1) is 0 Å². The molecular weight excluding hydrogens is 574 g/mol. The summed E-state index contributed by atoms with van der Waals surface area (Å²) in [6.45, 7) is 1.68. The summed E-state index contributed by atoms with van der Waals surface area (Å²) in [5.74, 6) is -1.78. The molecule has 4 rings (SSSR count). The molecule has 0 spiro atoms. The smallest absolute Gasteiger partial charge is 0.296 e. The second kappa shape index (κ2) is 13.5. The molecule has 4 N–H and O–H groups in total. The van der Waals surface area contributed by atoms with E-state index in [2.05, 4.69) is 22.0 Å². The van der Waals surface area contributed by atoms with Crippen LogP contribution in [0.15, 0.2) is 88.6 Å². The molecule has 1 atom stereocenters. The van der Waals surface area contributed by atoms with Gasteiger partial charge in [-0.05, 0) is 48.9 Å². The van der Waals surface area contributed by atoms with Crippen LogP contribution in [-0.4, -0.2) is 41.8 Å². The number of nitro benzene ring substituents is 1. The Labute approximate surface area is 251 Å². The van der Waals surface area contributed by atoms with E-state index in [-0.39, 0.29) is 45.5 Å². The van der Waals surface area contributed by atoms with E-state index in [1.165, 1.54) is 38.5 Å². The third-order valence-corrected chi connectivity index (χ3v) is 7.50. The Morgan fingerprint density at radius 1 is 1.09 bits per heavy atom. The van der Waals surface area contributed by atoms with Crippen LogP contribution in [-0.2, 0) is 9.59 Å². The van der Waals surface area contributed by atoms with Crippen molar-refractivity contribution in [2.45, 2.75) is 12.8 Å². The van der Waals surface area contributed by atoms with Crippen LogP contribution in [0.25, 0.3) is 0 Å². The normalized spacial score (nSPS) is 14.3. The number of dihydropyridines is 1. The van der Waals surface area contributed by atoms with Crippen molar-refractivity contribution in [1.82, 2.24) is 5.32 Å². The standard InChI is InChI=1S/C30H27N5O7S/c1-17-27(29(38)33-19-7-5-4-6-8-19)28(18-9-12-24(36)25(13-18)42-3)21(15-31)30(32-17)43-16-26(37)34-22-11-10-20(41-2)14-23(22)35(39)40/h4-14,28,32,36H,16H2,1-3H3,(H,33,38)(H,34,37)/t28-/m1/s1. The number of hydrogen-bond donors (Lipinski definition) is 4. The average Bonchev–Trinajstić information content (AvgIpc) is 3.00. The Morgan fingerprint density at radius 3 is 2.49 bits per heavy atom. The van der Waals surface area contributed by atoms with Crippen LogP contribution in [0.5, 0.6) is 17.2 Å². The second-order valence-corrected chi connectivity index (χ2v) is 10.2. The summed E-state index contributed by atoms with van der Waals surface area (Å²) in [6.07, 6.45) is 0. The fourth-order valence-corrected chi connectivity index (χ4v) is 5.37. The van der Waals surface area contributed by atoms with Gasteiger partial charge in [0.15, 0.2) is 11.5 Å². The van der Waals surface area contributed by atoms with Gasteiger partial charge in [0.1, 0.15) is 11.4 Å². The van der Waals surface area contributed by atoms with Crippen molar-refractivity contribution in [2.24, 2.45) is 0 Å². The summed E-state index contributed by atoms with van der Waals surface area (Å²) < 4.78 is 10.3. The number of carbonyl (C=O) groups excluding carboxylic acids is 2. The van der Waals surface area contributed by atoms with Gasteiger partial charge in [-0.1, -0.05) is 36.0 Å². The topological polar surface area (TPSA) is 176 Å². The van der Waals surface area contributed by atoms with Crippen molar-refractivity contribution < 1.29 is 29.1 Å². The summed E-state index contributed by atoms with van der Waals surface area (Å²) in [6, 6.07) is 19.6. The van der Waals surface area contributed by atoms with Crippen LogP contribution in [0.2, 0.25) is 0 Å². The van der Waals surface area contributed by atoms with Crippen LogP contribution in [0.1, 0.15) is 18.4 Å². The molecule has 220 valence electrons. The third-order valence-electron chi connectivity index (χ3n) is 6.48. The fraction of sp³-hybridized carbons (Fsp3) is 0.167. The minimum Gasteiger partial charge on any atom is -0.504 e. The van der Waals surface area contributed by atoms with Gasteiger partial charge in [0.2, 0.25) is 5.91 Å². The zero-order chi connectivity index (χ0) is 31.1. The molecule has 2 amide bonds. The lowest BCUT2D eigenvalue weighted by molar-refractivity contribution is -0.384. The van der Waals surface area contributed by atoms with Crippen molar-refractivity contribution in [3.05, 3.63) is 104 Å². The number of phenolic OH excluding ortho intramolecular Hbond substituents is 1. The van der Waals surface area contributed by atoms with Crippen molar-refractivity contribution in [3.8, 4) is 23.3 Å². The first-order valence-corrected chi connectivity index (χ1v) is 13.8. The number of ether oxygens (including phenoxy) is 2. The Kier molecular flexibility index (Phi) is 9.54. The maximum absolute atomic E-state index is 13.6. The minimum absolute atomic E-state index is 0.00694. The Bertz CT molecular complexity index is 1680. The predicted octanol–water partition coefficient (Wildman–Crippen LogP) is 5.02. The van der Waals surface area contributed by atoms with Crippen molar-refractivity contribution in [3.63, 3.8) is 0 Å². The van der Waals surface area contributed by atoms with Crippen LogP contribution >= 0.6 is 11.8 Å². The molecule has 43 heavy (non-hydrogen) atoms. The quantitative estimate of drug-likeness (QED) is 0.182. The molecule has 0 aromatic heterocycles. The lowest BCUT2D eigenvalue weighted by Gasteiger charge is -2.30. The Hall–Kier alpha value is -5.48. The van der Waals surface area contributed by atoms with Crippen LogP contribution in [0.3, 0.4) is 0 Å². The SMILES string of the molecule is COc1ccc(NC(=O)CSC2=C(C#N)[C@@H](c3ccc(O)c(OC)c3)C(C(=O)Nc3ccccc3)=C(C)N2)c([N+](=O)[O-])c1. The number of thioether (sulfide) groups is 1. The van der Waals surface area contributed by atoms with E-state index >= 15 is 0 Å². The summed E-state index contributed by atoms with van der Waals surface area (Å²) in [5.41, 5.74) is 1.58. The predicted molar refractivity (Wildman–Crippen MR) is 162 cm³/mol. The monoisotopic (exact) mass is 601 g/mol. The number of rotatable bonds is 10. The highest BCUT2D eigenvalue weighted by Gasteiger charge is 2.35. The van der Waals surface area contributed by atoms with Crippen LogP contribution < -0.4 is 25.4 Å². The Morgan fingerprint density at radius 2 is 1.84 bits per heavy atom. The molecule has 3 aromatic rings. The van der Waals surface area contributed by atoms with E-state index in [1.54, 1.807) is 43.3 Å². The summed E-state index contributed by atoms with van der Waals surface area (Å²) >= 11 is 1.01. The zero-order valence-electron chi connectivity index (χ0n) is 23.3. The third kappa shape index (κ3) is 6.88. The van der Waals surface area contributed by atoms with Crippen molar-refractivity contribution in [1.29, 1.82) is 5.26 Å². The van der Waals surface area contributed by atoms with Crippen molar-refractivity contribution in [2.75, 3.05) is 30.6 Å². The number of methoxy groups -OCH3 is 2. The van der Waals surface area contributed by atoms with Gasteiger partial charge in [-0.3, -0.25) is 19.7 Å². The molecule has 1 aliphatic rings. The summed E-state index contributed by atoms with van der Waals surface area (Å²) in [5, 5.41) is 40.8. The average molecular weight is 602 g/mol. The minimum atomic E-state index is -0.877. The number of anilines is 2. The molecule has 13 heteroatoms. The number of nitrogens with zero attached hydrogens (tertiary/aromatic N) is 2. The number of carbonyl (C=O) groups is 2. The summed E-state index contributed by atoms with van der Waals surface area (Å²) in [7, 11) is 2.76. The molecular formula is C30H27N5O7S. The molecule has 0 aliphatic carbocycles. The van der Waals surface area contributed by atoms with E-state index in [4.69, 9.17) is 9.47 Å². The molecule has 0 saturated heterocycles. The van der Waals surface area contributed by atoms with Gasteiger partial charge in [0, 0.05) is 17.0 Å². The highest BCUT2D eigenvalue weighted by Crippen LogP contribution is 2.43. The number of aromatic hydroxyl groups is 1. The molecule has 3 aromatic carbocycles. The number of benzene rings is 3. The Balaban J connectivity index is 1.66. The largest absolute Gasteiger partial charge is 0.504 e. The number of para-hydroxylation sites is 1. The van der Waals surface area contributed by atoms with Gasteiger partial charge >= 0.3 is 0 Å². The highest BCUT2D eigenvalue weighted by molar-refractivity contribution is 8.03. The van der Waals surface area contributed by atoms with Crippen LogP contribution in [0, 0.1) is 21.4 Å². The maximum atomic E-state index is 13.6. The zero-order valence-corrected chi connectivity index (χ0v) is 24.2. The number of nitriles is 1. The lowest BCUT2D eigenvalue weighted by Crippen LogP contribution is -2.31. The molecule has 12 nitrogen and oxygen atoms in total. The molecule has 0 unspecified atom stereocenters. The lowest BCUT2D eigenvalue weighted by atomic mass is 9.82. The number of allylic oxidation sites excluding steroid dienone is 2.